The Bertz CT molecular complexity index is 1490. The fourth-order valence-corrected chi connectivity index (χ4v) is 4.26. The van der Waals surface area contributed by atoms with Crippen LogP contribution in [0.25, 0.3) is 22.7 Å². The molecule has 1 aromatic carbocycles. The zero-order chi connectivity index (χ0) is 23.9. The third kappa shape index (κ3) is 4.50. The van der Waals surface area contributed by atoms with Crippen molar-refractivity contribution < 1.29 is 17.9 Å². The van der Waals surface area contributed by atoms with Gasteiger partial charge in [0.15, 0.2) is 17.2 Å². The highest BCUT2D eigenvalue weighted by atomic mass is 32.2. The van der Waals surface area contributed by atoms with Gasteiger partial charge in [0.2, 0.25) is 10.0 Å². The Kier molecular flexibility index (Phi) is 5.54. The minimum Gasteiger partial charge on any atom is -0.378 e. The SMILES string of the molecule is Cc1cccc(-c2ccn(-c3cc(N4CCOCC4)n4nc(C(=O)NS(C)(=O)=O)cc4n3)n2)c1. The van der Waals surface area contributed by atoms with Crippen LogP contribution in [0.2, 0.25) is 0 Å². The van der Waals surface area contributed by atoms with Crippen molar-refractivity contribution in [3.8, 4) is 17.1 Å². The van der Waals surface area contributed by atoms with Crippen LogP contribution in [0.3, 0.4) is 0 Å². The van der Waals surface area contributed by atoms with E-state index in [-0.39, 0.29) is 5.69 Å². The maximum absolute atomic E-state index is 12.4. The molecule has 176 valence electrons. The number of hydrogen-bond donors (Lipinski definition) is 1. The second-order valence-electron chi connectivity index (χ2n) is 8.09. The Hall–Kier alpha value is -3.77. The molecule has 0 bridgehead atoms. The Labute approximate surface area is 196 Å². The van der Waals surface area contributed by atoms with Crippen molar-refractivity contribution in [2.75, 3.05) is 37.5 Å². The van der Waals surface area contributed by atoms with E-state index in [0.29, 0.717) is 43.6 Å². The number of sulfonamides is 1. The lowest BCUT2D eigenvalue weighted by atomic mass is 10.1. The number of carbonyl (C=O) groups is 1. The van der Waals surface area contributed by atoms with E-state index < -0.39 is 15.9 Å². The zero-order valence-corrected chi connectivity index (χ0v) is 19.5. The van der Waals surface area contributed by atoms with Crippen LogP contribution in [0, 0.1) is 6.92 Å². The van der Waals surface area contributed by atoms with Crippen molar-refractivity contribution in [1.29, 1.82) is 0 Å². The van der Waals surface area contributed by atoms with E-state index >= 15 is 0 Å². The summed E-state index contributed by atoms with van der Waals surface area (Å²) in [5.74, 6) is 0.431. The van der Waals surface area contributed by atoms with E-state index in [0.717, 1.165) is 23.1 Å². The lowest BCUT2D eigenvalue weighted by Gasteiger charge is -2.29. The molecule has 0 radical (unpaired) electrons. The number of fused-ring (bicyclic) bond motifs is 1. The molecule has 1 saturated heterocycles. The summed E-state index contributed by atoms with van der Waals surface area (Å²) in [5.41, 5.74) is 3.29. The van der Waals surface area contributed by atoms with E-state index in [1.54, 1.807) is 4.68 Å². The summed E-state index contributed by atoms with van der Waals surface area (Å²) in [6, 6.07) is 13.3. The van der Waals surface area contributed by atoms with Gasteiger partial charge in [-0.15, -0.1) is 0 Å². The fraction of sp³-hybridized carbons (Fsp3) is 0.273. The van der Waals surface area contributed by atoms with Crippen molar-refractivity contribution in [3.63, 3.8) is 0 Å². The summed E-state index contributed by atoms with van der Waals surface area (Å²) in [4.78, 5) is 19.1. The molecule has 34 heavy (non-hydrogen) atoms. The highest BCUT2D eigenvalue weighted by Gasteiger charge is 2.22. The van der Waals surface area contributed by atoms with E-state index in [9.17, 15) is 13.2 Å². The van der Waals surface area contributed by atoms with Crippen LogP contribution >= 0.6 is 0 Å². The normalized spacial score (nSPS) is 14.5. The first-order chi connectivity index (χ1) is 16.3. The van der Waals surface area contributed by atoms with Crippen LogP contribution in [-0.4, -0.2) is 71.3 Å². The molecule has 11 nitrogen and oxygen atoms in total. The number of nitrogens with zero attached hydrogens (tertiary/aromatic N) is 6. The molecule has 12 heteroatoms. The summed E-state index contributed by atoms with van der Waals surface area (Å²) in [5, 5.41) is 9.03. The zero-order valence-electron chi connectivity index (χ0n) is 18.7. The van der Waals surface area contributed by atoms with Gasteiger partial charge in [-0.2, -0.15) is 14.7 Å². The van der Waals surface area contributed by atoms with Crippen LogP contribution in [-0.2, 0) is 14.8 Å². The summed E-state index contributed by atoms with van der Waals surface area (Å²) in [6.07, 6.45) is 2.74. The largest absolute Gasteiger partial charge is 0.378 e. The Balaban J connectivity index is 1.59. The average Bonchev–Trinajstić information content (AvgIpc) is 3.45. The van der Waals surface area contributed by atoms with Gasteiger partial charge in [-0.1, -0.05) is 23.8 Å². The first kappa shape index (κ1) is 22.0. The molecule has 1 aliphatic heterocycles. The van der Waals surface area contributed by atoms with E-state index in [4.69, 9.17) is 9.84 Å². The van der Waals surface area contributed by atoms with Crippen molar-refractivity contribution in [3.05, 3.63) is 59.9 Å². The maximum Gasteiger partial charge on any atom is 0.285 e. The van der Waals surface area contributed by atoms with E-state index in [1.165, 1.54) is 10.6 Å². The van der Waals surface area contributed by atoms with Crippen molar-refractivity contribution in [1.82, 2.24) is 29.1 Å². The summed E-state index contributed by atoms with van der Waals surface area (Å²) < 4.78 is 33.6. The van der Waals surface area contributed by atoms with Crippen LogP contribution in [0.1, 0.15) is 16.1 Å². The van der Waals surface area contributed by atoms with Gasteiger partial charge in [-0.25, -0.2) is 22.8 Å². The number of carbonyl (C=O) groups excluding carboxylic acids is 1. The molecule has 4 aromatic rings. The molecule has 0 atom stereocenters. The van der Waals surface area contributed by atoms with Gasteiger partial charge >= 0.3 is 0 Å². The number of anilines is 1. The predicted octanol–water partition coefficient (Wildman–Crippen LogP) is 1.42. The number of aromatic nitrogens is 5. The first-order valence-corrected chi connectivity index (χ1v) is 12.5. The van der Waals surface area contributed by atoms with Gasteiger partial charge in [-0.05, 0) is 19.1 Å². The number of aryl methyl sites for hydroxylation is 1. The molecular weight excluding hydrogens is 458 g/mol. The Morgan fingerprint density at radius 2 is 1.88 bits per heavy atom. The number of rotatable bonds is 5. The van der Waals surface area contributed by atoms with Gasteiger partial charge < -0.3 is 9.64 Å². The first-order valence-electron chi connectivity index (χ1n) is 10.7. The Morgan fingerprint density at radius 1 is 1.09 bits per heavy atom. The van der Waals surface area contributed by atoms with E-state index in [1.807, 2.05) is 48.2 Å². The predicted molar refractivity (Wildman–Crippen MR) is 126 cm³/mol. The second kappa shape index (κ2) is 8.54. The van der Waals surface area contributed by atoms with Gasteiger partial charge in [-0.3, -0.25) is 4.79 Å². The molecule has 0 aliphatic carbocycles. The van der Waals surface area contributed by atoms with Crippen LogP contribution < -0.4 is 9.62 Å². The number of morpholine rings is 1. The van der Waals surface area contributed by atoms with Crippen LogP contribution in [0.4, 0.5) is 5.82 Å². The van der Waals surface area contributed by atoms with Crippen molar-refractivity contribution in [2.24, 2.45) is 0 Å². The summed E-state index contributed by atoms with van der Waals surface area (Å²) >= 11 is 0. The third-order valence-corrected chi connectivity index (χ3v) is 5.93. The van der Waals surface area contributed by atoms with Crippen molar-refractivity contribution >= 4 is 27.4 Å². The molecule has 0 spiro atoms. The van der Waals surface area contributed by atoms with Gasteiger partial charge in [0.1, 0.15) is 5.82 Å². The Morgan fingerprint density at radius 3 is 2.62 bits per heavy atom. The monoisotopic (exact) mass is 481 g/mol. The quantitative estimate of drug-likeness (QED) is 0.454. The van der Waals surface area contributed by atoms with Crippen molar-refractivity contribution in [2.45, 2.75) is 6.92 Å². The fourth-order valence-electron chi connectivity index (χ4n) is 3.82. The maximum atomic E-state index is 12.4. The molecule has 3 aromatic heterocycles. The molecule has 5 rings (SSSR count). The van der Waals surface area contributed by atoms with Gasteiger partial charge in [0.25, 0.3) is 5.91 Å². The number of benzene rings is 1. The van der Waals surface area contributed by atoms with Gasteiger partial charge in [0.05, 0.1) is 25.2 Å². The van der Waals surface area contributed by atoms with Crippen LogP contribution in [0.5, 0.6) is 0 Å². The second-order valence-corrected chi connectivity index (χ2v) is 9.84. The highest BCUT2D eigenvalue weighted by Crippen LogP contribution is 2.24. The molecule has 1 aliphatic rings. The molecule has 4 heterocycles. The third-order valence-electron chi connectivity index (χ3n) is 5.38. The molecule has 0 unspecified atom stereocenters. The topological polar surface area (TPSA) is 124 Å². The molecule has 1 fully saturated rings. The van der Waals surface area contributed by atoms with Crippen LogP contribution in [0.15, 0.2) is 48.7 Å². The number of amides is 1. The molecule has 1 N–H and O–H groups in total. The van der Waals surface area contributed by atoms with E-state index in [2.05, 4.69) is 21.0 Å². The summed E-state index contributed by atoms with van der Waals surface area (Å²) in [7, 11) is -3.73. The molecule has 0 saturated carbocycles. The standard InChI is InChI=1S/C22H23N7O4S/c1-15-4-3-5-16(12-15)17-6-7-28(24-17)19-14-21(27-8-10-33-11-9-27)29-20(23-19)13-18(25-29)22(30)26-34(2,31)32/h3-7,12-14H,8-11H2,1-2H3,(H,26,30). The molecular formula is C22H23N7O4S. The number of hydrogen-bond acceptors (Lipinski definition) is 8. The lowest BCUT2D eigenvalue weighted by Crippen LogP contribution is -2.37. The minimum absolute atomic E-state index is 0.0505. The van der Waals surface area contributed by atoms with Gasteiger partial charge in [0, 0.05) is 37.0 Å². The molecule has 1 amide bonds. The highest BCUT2D eigenvalue weighted by molar-refractivity contribution is 7.89. The summed E-state index contributed by atoms with van der Waals surface area (Å²) in [6.45, 7) is 4.41. The average molecular weight is 482 g/mol. The smallest absolute Gasteiger partial charge is 0.285 e. The number of ether oxygens (including phenoxy) is 1. The number of nitrogens with one attached hydrogen (secondary N) is 1. The lowest BCUT2D eigenvalue weighted by molar-refractivity contribution is 0.0976. The minimum atomic E-state index is -3.73.